The molecule has 0 N–H and O–H groups in total. The first-order valence-electron chi connectivity index (χ1n) is 7.99. The van der Waals surface area contributed by atoms with Crippen molar-refractivity contribution in [3.05, 3.63) is 45.8 Å². The number of furan rings is 1. The number of nitrogens with zero attached hydrogens (tertiary/aromatic N) is 5. The molecule has 0 saturated carbocycles. The van der Waals surface area contributed by atoms with Gasteiger partial charge in [-0.1, -0.05) is 11.3 Å². The molecule has 1 aliphatic rings. The second kappa shape index (κ2) is 5.99. The van der Waals surface area contributed by atoms with Crippen LogP contribution >= 0.6 is 11.3 Å². The quantitative estimate of drug-likeness (QED) is 0.686. The summed E-state index contributed by atoms with van der Waals surface area (Å²) >= 11 is 1.39. The van der Waals surface area contributed by atoms with E-state index in [4.69, 9.17) is 4.42 Å². The second-order valence-corrected chi connectivity index (χ2v) is 6.94. The number of aryl methyl sites for hydroxylation is 2. The van der Waals surface area contributed by atoms with Gasteiger partial charge in [0.1, 0.15) is 5.76 Å². The van der Waals surface area contributed by atoms with Crippen LogP contribution in [0.5, 0.6) is 0 Å². The van der Waals surface area contributed by atoms with Gasteiger partial charge in [-0.2, -0.15) is 4.98 Å². The topological polar surface area (TPSA) is 84.0 Å². The van der Waals surface area contributed by atoms with Gasteiger partial charge in [0.25, 0.3) is 11.5 Å². The summed E-state index contributed by atoms with van der Waals surface area (Å²) in [4.78, 5) is 32.4. The van der Waals surface area contributed by atoms with Crippen molar-refractivity contribution < 1.29 is 9.21 Å². The molecule has 1 saturated heterocycles. The first kappa shape index (κ1) is 15.8. The molecule has 0 aromatic carbocycles. The minimum atomic E-state index is -0.253. The average Bonchev–Trinajstić information content (AvgIpc) is 3.21. The maximum atomic E-state index is 12.4. The number of carbonyl (C=O) groups is 1. The monoisotopic (exact) mass is 359 g/mol. The third-order valence-electron chi connectivity index (χ3n) is 4.21. The summed E-state index contributed by atoms with van der Waals surface area (Å²) in [5.74, 6) is 1.03. The largest absolute Gasteiger partial charge is 0.456 e. The Morgan fingerprint density at radius 2 is 1.96 bits per heavy atom. The zero-order chi connectivity index (χ0) is 17.6. The normalized spacial score (nSPS) is 15.1. The smallest absolute Gasteiger partial charge is 0.289 e. The van der Waals surface area contributed by atoms with Gasteiger partial charge in [0.15, 0.2) is 5.76 Å². The molecule has 1 amide bonds. The number of carbonyl (C=O) groups excluding carboxylic acids is 1. The fourth-order valence-electron chi connectivity index (χ4n) is 2.87. The van der Waals surface area contributed by atoms with E-state index < -0.39 is 0 Å². The predicted molar refractivity (Wildman–Crippen MR) is 93.4 cm³/mol. The maximum absolute atomic E-state index is 12.4. The average molecular weight is 359 g/mol. The minimum absolute atomic E-state index is 0.0834. The maximum Gasteiger partial charge on any atom is 0.289 e. The van der Waals surface area contributed by atoms with Gasteiger partial charge in [0, 0.05) is 37.9 Å². The second-order valence-electron chi connectivity index (χ2n) is 6.00. The Bertz CT molecular complexity index is 997. The van der Waals surface area contributed by atoms with E-state index in [1.165, 1.54) is 17.4 Å². The Hall–Kier alpha value is -2.68. The highest BCUT2D eigenvalue weighted by Crippen LogP contribution is 2.24. The van der Waals surface area contributed by atoms with Crippen molar-refractivity contribution in [2.75, 3.05) is 31.1 Å². The molecule has 0 unspecified atom stereocenters. The van der Waals surface area contributed by atoms with Crippen LogP contribution in [0, 0.1) is 13.8 Å². The minimum Gasteiger partial charge on any atom is -0.456 e. The van der Waals surface area contributed by atoms with E-state index >= 15 is 0 Å². The molecule has 0 radical (unpaired) electrons. The summed E-state index contributed by atoms with van der Waals surface area (Å²) in [5.41, 5.74) is 0.511. The third-order valence-corrected chi connectivity index (χ3v) is 5.18. The lowest BCUT2D eigenvalue weighted by atomic mass is 10.3. The van der Waals surface area contributed by atoms with Gasteiger partial charge in [-0.3, -0.25) is 9.59 Å². The van der Waals surface area contributed by atoms with Crippen molar-refractivity contribution in [1.82, 2.24) is 19.5 Å². The zero-order valence-electron chi connectivity index (χ0n) is 13.9. The molecular weight excluding hydrogens is 342 g/mol. The van der Waals surface area contributed by atoms with Crippen LogP contribution in [0.2, 0.25) is 0 Å². The summed E-state index contributed by atoms with van der Waals surface area (Å²) in [6.07, 6.45) is 0. The summed E-state index contributed by atoms with van der Waals surface area (Å²) < 4.78 is 7.10. The summed E-state index contributed by atoms with van der Waals surface area (Å²) in [6.45, 7) is 6.20. The molecule has 4 heterocycles. The molecule has 0 spiro atoms. The van der Waals surface area contributed by atoms with Crippen LogP contribution in [-0.4, -0.2) is 51.6 Å². The molecule has 1 fully saturated rings. The number of rotatable bonds is 2. The van der Waals surface area contributed by atoms with Gasteiger partial charge < -0.3 is 14.2 Å². The highest BCUT2D eigenvalue weighted by Gasteiger charge is 2.25. The molecule has 3 aromatic heterocycles. The van der Waals surface area contributed by atoms with Gasteiger partial charge in [0.05, 0.1) is 0 Å². The molecule has 1 aliphatic heterocycles. The number of anilines is 1. The van der Waals surface area contributed by atoms with Crippen molar-refractivity contribution in [3.8, 4) is 0 Å². The van der Waals surface area contributed by atoms with Gasteiger partial charge in [-0.25, -0.2) is 4.52 Å². The Kier molecular flexibility index (Phi) is 3.79. The fourth-order valence-corrected chi connectivity index (χ4v) is 3.88. The third kappa shape index (κ3) is 2.91. The van der Waals surface area contributed by atoms with Gasteiger partial charge in [-0.15, -0.1) is 5.10 Å². The highest BCUT2D eigenvalue weighted by molar-refractivity contribution is 7.20. The van der Waals surface area contributed by atoms with Gasteiger partial charge in [0.2, 0.25) is 10.1 Å². The van der Waals surface area contributed by atoms with E-state index in [-0.39, 0.29) is 11.5 Å². The van der Waals surface area contributed by atoms with E-state index in [1.807, 2.05) is 13.8 Å². The van der Waals surface area contributed by atoms with E-state index in [9.17, 15) is 9.59 Å². The Labute approximate surface area is 147 Å². The number of piperazine rings is 1. The number of hydrogen-bond acceptors (Lipinski definition) is 7. The van der Waals surface area contributed by atoms with E-state index in [0.29, 0.717) is 36.9 Å². The Morgan fingerprint density at radius 1 is 1.20 bits per heavy atom. The zero-order valence-corrected chi connectivity index (χ0v) is 14.7. The number of fused-ring (bicyclic) bond motifs is 1. The summed E-state index contributed by atoms with van der Waals surface area (Å²) in [7, 11) is 0. The Balaban J connectivity index is 1.49. The molecule has 3 aromatic rings. The van der Waals surface area contributed by atoms with Crippen molar-refractivity contribution >= 4 is 27.3 Å². The first-order chi connectivity index (χ1) is 12.0. The molecule has 9 heteroatoms. The molecule has 0 aliphatic carbocycles. The van der Waals surface area contributed by atoms with Crippen molar-refractivity contribution in [2.24, 2.45) is 0 Å². The molecule has 4 rings (SSSR count). The number of amides is 1. The molecule has 130 valence electrons. The SMILES string of the molecule is Cc1ccc(C(=O)N2CCN(c3nn4c(C)cc(=O)nc4s3)CC2)o1. The lowest BCUT2D eigenvalue weighted by molar-refractivity contribution is 0.0713. The van der Waals surface area contributed by atoms with Gasteiger partial charge in [-0.05, 0) is 26.0 Å². The van der Waals surface area contributed by atoms with Crippen LogP contribution in [-0.2, 0) is 0 Å². The number of hydrogen-bond donors (Lipinski definition) is 0. The Morgan fingerprint density at radius 3 is 2.64 bits per heavy atom. The van der Waals surface area contributed by atoms with Crippen molar-refractivity contribution in [2.45, 2.75) is 13.8 Å². The van der Waals surface area contributed by atoms with E-state index in [0.717, 1.165) is 16.6 Å². The van der Waals surface area contributed by atoms with Crippen LogP contribution in [0.1, 0.15) is 22.0 Å². The molecule has 25 heavy (non-hydrogen) atoms. The van der Waals surface area contributed by atoms with Crippen LogP contribution in [0.25, 0.3) is 4.96 Å². The summed E-state index contributed by atoms with van der Waals surface area (Å²) in [6, 6.07) is 4.98. The van der Waals surface area contributed by atoms with Crippen molar-refractivity contribution in [1.29, 1.82) is 0 Å². The summed E-state index contributed by atoms with van der Waals surface area (Å²) in [5, 5.41) is 5.35. The van der Waals surface area contributed by atoms with Crippen LogP contribution in [0.4, 0.5) is 5.13 Å². The van der Waals surface area contributed by atoms with E-state index in [1.54, 1.807) is 21.5 Å². The lowest BCUT2D eigenvalue weighted by Crippen LogP contribution is -2.48. The molecule has 0 atom stereocenters. The van der Waals surface area contributed by atoms with Crippen LogP contribution < -0.4 is 10.5 Å². The molecular formula is C16H17N5O3S. The lowest BCUT2D eigenvalue weighted by Gasteiger charge is -2.33. The molecule has 8 nitrogen and oxygen atoms in total. The van der Waals surface area contributed by atoms with Crippen molar-refractivity contribution in [3.63, 3.8) is 0 Å². The highest BCUT2D eigenvalue weighted by atomic mass is 32.1. The van der Waals surface area contributed by atoms with Crippen LogP contribution in [0.3, 0.4) is 0 Å². The van der Waals surface area contributed by atoms with Gasteiger partial charge >= 0.3 is 0 Å². The fraction of sp³-hybridized carbons (Fsp3) is 0.375. The van der Waals surface area contributed by atoms with E-state index in [2.05, 4.69) is 15.0 Å². The number of aromatic nitrogens is 3. The van der Waals surface area contributed by atoms with Crippen LogP contribution in [0.15, 0.2) is 27.4 Å². The molecule has 0 bridgehead atoms. The standard InChI is InChI=1S/C16H17N5O3S/c1-10-9-13(22)17-15-21(10)18-16(25-15)20-7-5-19(6-8-20)14(23)12-4-3-11(2)24-12/h3-4,9H,5-8H2,1-2H3. The predicted octanol–water partition coefficient (Wildman–Crippen LogP) is 1.32. The first-order valence-corrected chi connectivity index (χ1v) is 8.81.